The maximum Gasteiger partial charge on any atom is 0.573 e. The van der Waals surface area contributed by atoms with E-state index in [2.05, 4.69) is 15.0 Å². The Bertz CT molecular complexity index is 1110. The van der Waals surface area contributed by atoms with Gasteiger partial charge in [0.15, 0.2) is 0 Å². The minimum absolute atomic E-state index is 0. The highest BCUT2D eigenvalue weighted by Gasteiger charge is 2.48. The van der Waals surface area contributed by atoms with Crippen molar-refractivity contribution in [3.63, 3.8) is 0 Å². The van der Waals surface area contributed by atoms with Gasteiger partial charge >= 0.3 is 12.3 Å². The molecule has 8 nitrogen and oxygen atoms in total. The van der Waals surface area contributed by atoms with Gasteiger partial charge in [0.2, 0.25) is 5.91 Å². The quantitative estimate of drug-likeness (QED) is 0.489. The van der Waals surface area contributed by atoms with E-state index in [-0.39, 0.29) is 47.5 Å². The van der Waals surface area contributed by atoms with Gasteiger partial charge in [0.05, 0.1) is 11.6 Å². The third-order valence-corrected chi connectivity index (χ3v) is 6.84. The van der Waals surface area contributed by atoms with Crippen LogP contribution < -0.4 is 14.8 Å². The molecule has 0 saturated carbocycles. The van der Waals surface area contributed by atoms with Crippen LogP contribution in [0.2, 0.25) is 0 Å². The molecule has 0 unspecified atom stereocenters. The van der Waals surface area contributed by atoms with Gasteiger partial charge in [-0.25, -0.2) is 4.79 Å². The van der Waals surface area contributed by atoms with Gasteiger partial charge in [-0.05, 0) is 56.0 Å². The normalized spacial score (nSPS) is 20.2. The summed E-state index contributed by atoms with van der Waals surface area (Å²) in [5, 5.41) is 12.2. The van der Waals surface area contributed by atoms with Crippen LogP contribution in [0.25, 0.3) is 0 Å². The summed E-state index contributed by atoms with van der Waals surface area (Å²) < 4.78 is 53.1. The molecule has 0 aliphatic carbocycles. The zero-order chi connectivity index (χ0) is 26.6. The van der Waals surface area contributed by atoms with E-state index in [1.54, 1.807) is 18.2 Å². The number of carboxylic acids is 1. The van der Waals surface area contributed by atoms with Crippen LogP contribution in [0.4, 0.5) is 13.2 Å². The number of likely N-dealkylation sites (tertiary alicyclic amines) is 1. The summed E-state index contributed by atoms with van der Waals surface area (Å²) in [7, 11) is 0. The number of halogens is 4. The van der Waals surface area contributed by atoms with Gasteiger partial charge in [0.25, 0.3) is 0 Å². The molecule has 12 heteroatoms. The lowest BCUT2D eigenvalue weighted by atomic mass is 9.86. The Morgan fingerprint density at radius 1 is 1.13 bits per heavy atom. The van der Waals surface area contributed by atoms with Gasteiger partial charge in [0.1, 0.15) is 23.1 Å². The summed E-state index contributed by atoms with van der Waals surface area (Å²) in [5.41, 5.74) is 0.137. The predicted octanol–water partition coefficient (Wildman–Crippen LogP) is 4.58. The number of amides is 1. The fourth-order valence-corrected chi connectivity index (χ4v) is 4.87. The number of nitrogens with zero attached hydrogens (tertiary/aromatic N) is 1. The average Bonchev–Trinajstić information content (AvgIpc) is 3.32. The molecule has 2 heterocycles. The van der Waals surface area contributed by atoms with Crippen molar-refractivity contribution in [2.24, 2.45) is 0 Å². The second-order valence-electron chi connectivity index (χ2n) is 9.26. The van der Waals surface area contributed by atoms with Crippen molar-refractivity contribution in [2.75, 3.05) is 26.3 Å². The molecule has 0 spiro atoms. The van der Waals surface area contributed by atoms with Crippen LogP contribution in [-0.4, -0.2) is 66.2 Å². The monoisotopic (exact) mass is 558 g/mol. The lowest BCUT2D eigenvalue weighted by molar-refractivity contribution is -0.274. The maximum atomic E-state index is 13.6. The first kappa shape index (κ1) is 29.5. The SMILES string of the molecule is C[C@H](NC(=O)C1(N2CC[C@@H](Oc3cccc(OC(F)(F)F)c3)C2)CCOCC1)c1ccc(C(=O)O)cc1.Cl. The lowest BCUT2D eigenvalue weighted by Crippen LogP contribution is -2.61. The Kier molecular flexibility index (Phi) is 9.50. The summed E-state index contributed by atoms with van der Waals surface area (Å²) in [6.07, 6.45) is -3.52. The molecule has 2 N–H and O–H groups in total. The van der Waals surface area contributed by atoms with Crippen LogP contribution >= 0.6 is 12.4 Å². The standard InChI is InChI=1S/C26H29F3N2O6.ClH/c1-17(18-5-7-19(8-6-18)23(32)33)30-24(34)25(10-13-35-14-11-25)31-12-9-22(16-31)36-20-3-2-4-21(15-20)37-26(27,28)29;/h2-8,15,17,22H,9-14,16H2,1H3,(H,30,34)(H,32,33);1H/t17-,22+;/m0./s1. The summed E-state index contributed by atoms with van der Waals surface area (Å²) in [4.78, 5) is 26.8. The molecule has 0 radical (unpaired) electrons. The smallest absolute Gasteiger partial charge is 0.489 e. The fraction of sp³-hybridized carbons (Fsp3) is 0.462. The number of aromatic carboxylic acids is 1. The predicted molar refractivity (Wildman–Crippen MR) is 134 cm³/mol. The van der Waals surface area contributed by atoms with Crippen LogP contribution in [0.1, 0.15) is 48.1 Å². The van der Waals surface area contributed by atoms with Gasteiger partial charge in [0, 0.05) is 32.4 Å². The van der Waals surface area contributed by atoms with Crippen molar-refractivity contribution in [1.82, 2.24) is 10.2 Å². The van der Waals surface area contributed by atoms with Crippen molar-refractivity contribution in [3.05, 3.63) is 59.7 Å². The first-order valence-electron chi connectivity index (χ1n) is 12.1. The van der Waals surface area contributed by atoms with Gasteiger partial charge < -0.3 is 24.6 Å². The number of ether oxygens (including phenoxy) is 3. The second kappa shape index (κ2) is 12.2. The number of carbonyl (C=O) groups is 2. The van der Waals surface area contributed by atoms with Crippen molar-refractivity contribution < 1.29 is 42.1 Å². The van der Waals surface area contributed by atoms with Crippen LogP contribution in [0.5, 0.6) is 11.5 Å². The molecule has 0 bridgehead atoms. The van der Waals surface area contributed by atoms with Gasteiger partial charge in [-0.3, -0.25) is 9.69 Å². The zero-order valence-electron chi connectivity index (χ0n) is 20.7. The Balaban J connectivity index is 0.00000400. The number of rotatable bonds is 8. The molecule has 2 aromatic carbocycles. The molecule has 2 atom stereocenters. The van der Waals surface area contributed by atoms with E-state index >= 15 is 0 Å². The number of hydrogen-bond acceptors (Lipinski definition) is 6. The van der Waals surface area contributed by atoms with Crippen molar-refractivity contribution in [3.8, 4) is 11.5 Å². The van der Waals surface area contributed by atoms with Crippen LogP contribution in [0.15, 0.2) is 48.5 Å². The summed E-state index contributed by atoms with van der Waals surface area (Å²) in [6.45, 7) is 3.70. The number of carbonyl (C=O) groups excluding carboxylic acids is 1. The third kappa shape index (κ3) is 7.09. The Labute approximate surface area is 224 Å². The molecular weight excluding hydrogens is 529 g/mol. The van der Waals surface area contributed by atoms with E-state index in [1.165, 1.54) is 30.3 Å². The number of carboxylic acid groups (broad SMARTS) is 1. The summed E-state index contributed by atoms with van der Waals surface area (Å²) in [6, 6.07) is 11.4. The van der Waals surface area contributed by atoms with Crippen LogP contribution in [-0.2, 0) is 9.53 Å². The van der Waals surface area contributed by atoms with Gasteiger partial charge in [-0.15, -0.1) is 25.6 Å². The molecule has 2 fully saturated rings. The van der Waals surface area contributed by atoms with Crippen molar-refractivity contribution in [2.45, 2.75) is 50.2 Å². The van der Waals surface area contributed by atoms with E-state index < -0.39 is 17.9 Å². The average molecular weight is 559 g/mol. The zero-order valence-corrected chi connectivity index (χ0v) is 21.5. The molecule has 2 aliphatic rings. The van der Waals surface area contributed by atoms with E-state index in [0.29, 0.717) is 45.6 Å². The summed E-state index contributed by atoms with van der Waals surface area (Å²) in [5.74, 6) is -1.26. The Hall–Kier alpha value is -3.02. The van der Waals surface area contributed by atoms with Gasteiger partial charge in [-0.1, -0.05) is 18.2 Å². The Morgan fingerprint density at radius 3 is 2.42 bits per heavy atom. The maximum absolute atomic E-state index is 13.6. The number of alkyl halides is 3. The largest absolute Gasteiger partial charge is 0.573 e. The molecule has 4 rings (SSSR count). The van der Waals surface area contributed by atoms with Gasteiger partial charge in [-0.2, -0.15) is 0 Å². The highest BCUT2D eigenvalue weighted by atomic mass is 35.5. The van der Waals surface area contributed by atoms with E-state index in [9.17, 15) is 22.8 Å². The van der Waals surface area contributed by atoms with E-state index in [4.69, 9.17) is 14.6 Å². The fourth-order valence-electron chi connectivity index (χ4n) is 4.87. The third-order valence-electron chi connectivity index (χ3n) is 6.84. The molecule has 2 aliphatic heterocycles. The van der Waals surface area contributed by atoms with Crippen molar-refractivity contribution >= 4 is 24.3 Å². The molecule has 2 saturated heterocycles. The highest BCUT2D eigenvalue weighted by molar-refractivity contribution is 5.88. The summed E-state index contributed by atoms with van der Waals surface area (Å²) >= 11 is 0. The lowest BCUT2D eigenvalue weighted by Gasteiger charge is -2.43. The first-order valence-corrected chi connectivity index (χ1v) is 12.1. The van der Waals surface area contributed by atoms with Crippen LogP contribution in [0, 0.1) is 0 Å². The molecule has 0 aromatic heterocycles. The molecule has 2 aromatic rings. The number of nitrogens with one attached hydrogen (secondary N) is 1. The van der Waals surface area contributed by atoms with Crippen LogP contribution in [0.3, 0.4) is 0 Å². The van der Waals surface area contributed by atoms with E-state index in [0.717, 1.165) is 5.56 Å². The molecular formula is C26H30ClF3N2O6. The topological polar surface area (TPSA) is 97.3 Å². The Morgan fingerprint density at radius 2 is 1.79 bits per heavy atom. The second-order valence-corrected chi connectivity index (χ2v) is 9.26. The molecule has 38 heavy (non-hydrogen) atoms. The van der Waals surface area contributed by atoms with E-state index in [1.807, 2.05) is 6.92 Å². The number of benzene rings is 2. The minimum atomic E-state index is -4.79. The molecule has 1 amide bonds. The first-order chi connectivity index (χ1) is 17.6. The highest BCUT2D eigenvalue weighted by Crippen LogP contribution is 2.34. The van der Waals surface area contributed by atoms with Crippen molar-refractivity contribution in [1.29, 1.82) is 0 Å². The number of hydrogen-bond donors (Lipinski definition) is 2. The minimum Gasteiger partial charge on any atom is -0.489 e. The molecule has 208 valence electrons.